The molecule has 1 aromatic heterocycles. The van der Waals surface area contributed by atoms with Gasteiger partial charge in [-0.05, 0) is 86.7 Å². The van der Waals surface area contributed by atoms with Crippen LogP contribution in [0.25, 0.3) is 55.0 Å². The molecule has 0 saturated heterocycles. The van der Waals surface area contributed by atoms with E-state index in [9.17, 15) is 0 Å². The standard InChI is InChI=1S/C56H42BNO2/c1-35-31-37(3)56(38(4)32-35)57(48-21-11-8-15-36(48)2)49-30-29-46-45-28-26-41(34-54(45)60-52-24-14-20-47(49)55(46)52)58(50-22-12-9-18-42(50)39-16-6-5-7-17-39)40-25-27-44-43-19-10-13-23-51(43)59-53(44)33-40/h5-34H,1-4H3. The molecule has 0 atom stereocenters. The number of anilines is 3. The second-order valence-electron chi connectivity index (χ2n) is 16.3. The molecule has 11 rings (SSSR count). The molecule has 2 heterocycles. The van der Waals surface area contributed by atoms with E-state index in [-0.39, 0.29) is 6.71 Å². The minimum Gasteiger partial charge on any atom is -0.456 e. The van der Waals surface area contributed by atoms with Crippen molar-refractivity contribution in [1.29, 1.82) is 0 Å². The van der Waals surface area contributed by atoms with E-state index in [0.717, 1.165) is 72.6 Å². The summed E-state index contributed by atoms with van der Waals surface area (Å²) < 4.78 is 13.5. The van der Waals surface area contributed by atoms with Gasteiger partial charge >= 0.3 is 0 Å². The number of hydrogen-bond donors (Lipinski definition) is 0. The van der Waals surface area contributed by atoms with Crippen molar-refractivity contribution in [2.75, 3.05) is 4.90 Å². The van der Waals surface area contributed by atoms with Crippen molar-refractivity contribution in [3.8, 4) is 33.8 Å². The molecule has 9 aromatic carbocycles. The van der Waals surface area contributed by atoms with Crippen molar-refractivity contribution < 1.29 is 9.15 Å². The molecule has 0 fully saturated rings. The van der Waals surface area contributed by atoms with E-state index in [0.29, 0.717) is 0 Å². The molecule has 0 amide bonds. The predicted molar refractivity (Wildman–Crippen MR) is 253 cm³/mol. The van der Waals surface area contributed by atoms with Gasteiger partial charge in [0.1, 0.15) is 22.7 Å². The molecule has 10 aromatic rings. The van der Waals surface area contributed by atoms with Gasteiger partial charge < -0.3 is 14.1 Å². The van der Waals surface area contributed by atoms with Crippen molar-refractivity contribution in [2.45, 2.75) is 27.7 Å². The van der Waals surface area contributed by atoms with Crippen LogP contribution in [0.4, 0.5) is 17.1 Å². The smallest absolute Gasteiger partial charge is 0.243 e. The molecule has 286 valence electrons. The molecule has 0 bridgehead atoms. The van der Waals surface area contributed by atoms with Crippen LogP contribution in [-0.2, 0) is 0 Å². The van der Waals surface area contributed by atoms with Crippen molar-refractivity contribution in [3.05, 3.63) is 204 Å². The lowest BCUT2D eigenvalue weighted by atomic mass is 9.34. The number of para-hydroxylation sites is 2. The van der Waals surface area contributed by atoms with Gasteiger partial charge in [-0.25, -0.2) is 0 Å². The van der Waals surface area contributed by atoms with E-state index in [1.54, 1.807) is 0 Å². The maximum atomic E-state index is 7.02. The predicted octanol–water partition coefficient (Wildman–Crippen LogP) is 13.4. The highest BCUT2D eigenvalue weighted by Gasteiger charge is 2.31. The number of hydrogen-bond acceptors (Lipinski definition) is 3. The lowest BCUT2D eigenvalue weighted by Gasteiger charge is -2.30. The van der Waals surface area contributed by atoms with Crippen LogP contribution in [0.5, 0.6) is 11.5 Å². The van der Waals surface area contributed by atoms with E-state index in [4.69, 9.17) is 9.15 Å². The Kier molecular flexibility index (Phi) is 8.49. The Labute approximate surface area is 351 Å². The van der Waals surface area contributed by atoms with E-state index >= 15 is 0 Å². The van der Waals surface area contributed by atoms with Gasteiger partial charge in [0, 0.05) is 50.8 Å². The third kappa shape index (κ3) is 5.82. The van der Waals surface area contributed by atoms with E-state index in [1.165, 1.54) is 49.6 Å². The molecule has 4 heteroatoms. The molecular formula is C56H42BNO2. The highest BCUT2D eigenvalue weighted by atomic mass is 16.5. The molecule has 0 radical (unpaired) electrons. The molecule has 0 unspecified atom stereocenters. The van der Waals surface area contributed by atoms with Gasteiger partial charge in [0.2, 0.25) is 6.71 Å². The Bertz CT molecular complexity index is 3290. The minimum absolute atomic E-state index is 0.0576. The van der Waals surface area contributed by atoms with Crippen LogP contribution in [0.3, 0.4) is 0 Å². The Morgan fingerprint density at radius 3 is 1.97 bits per heavy atom. The molecule has 60 heavy (non-hydrogen) atoms. The van der Waals surface area contributed by atoms with Gasteiger partial charge in [0.05, 0.1) is 5.69 Å². The number of ether oxygens (including phenoxy) is 1. The second kappa shape index (κ2) is 14.2. The monoisotopic (exact) mass is 771 g/mol. The van der Waals surface area contributed by atoms with Crippen LogP contribution in [0, 0.1) is 27.7 Å². The summed E-state index contributed by atoms with van der Waals surface area (Å²) >= 11 is 0. The lowest BCUT2D eigenvalue weighted by Crippen LogP contribution is -2.55. The second-order valence-corrected chi connectivity index (χ2v) is 16.3. The van der Waals surface area contributed by atoms with Crippen LogP contribution in [0.2, 0.25) is 0 Å². The van der Waals surface area contributed by atoms with Gasteiger partial charge in [-0.2, -0.15) is 0 Å². The first-order chi connectivity index (χ1) is 29.4. The fourth-order valence-electron chi connectivity index (χ4n) is 9.88. The van der Waals surface area contributed by atoms with Gasteiger partial charge in [-0.1, -0.05) is 166 Å². The van der Waals surface area contributed by atoms with Crippen LogP contribution in [-0.4, -0.2) is 6.71 Å². The molecule has 0 aliphatic carbocycles. The van der Waals surface area contributed by atoms with Crippen molar-refractivity contribution in [2.24, 2.45) is 0 Å². The molecular weight excluding hydrogens is 729 g/mol. The van der Waals surface area contributed by atoms with Crippen molar-refractivity contribution in [1.82, 2.24) is 0 Å². The molecule has 0 N–H and O–H groups in total. The Balaban J connectivity index is 1.09. The number of benzene rings is 9. The average molecular weight is 772 g/mol. The fourth-order valence-corrected chi connectivity index (χ4v) is 9.88. The summed E-state index contributed by atoms with van der Waals surface area (Å²) in [5.41, 5.74) is 18.5. The first kappa shape index (κ1) is 35.8. The summed E-state index contributed by atoms with van der Waals surface area (Å²) in [6.45, 7) is 9.01. The quantitative estimate of drug-likeness (QED) is 0.151. The average Bonchev–Trinajstić information content (AvgIpc) is 3.64. The Morgan fingerprint density at radius 1 is 0.433 bits per heavy atom. The number of aryl methyl sites for hydroxylation is 4. The molecule has 0 spiro atoms. The highest BCUT2D eigenvalue weighted by molar-refractivity contribution is 6.97. The minimum atomic E-state index is 0.0576. The van der Waals surface area contributed by atoms with Gasteiger partial charge in [-0.15, -0.1) is 0 Å². The molecule has 1 aliphatic heterocycles. The van der Waals surface area contributed by atoms with Crippen LogP contribution in [0.15, 0.2) is 186 Å². The zero-order valence-electron chi connectivity index (χ0n) is 34.2. The summed E-state index contributed by atoms with van der Waals surface area (Å²) in [5, 5.41) is 4.58. The van der Waals surface area contributed by atoms with E-state index in [1.807, 2.05) is 12.1 Å². The molecule has 1 aliphatic rings. The number of fused-ring (bicyclic) bond motifs is 5. The van der Waals surface area contributed by atoms with Crippen LogP contribution < -0.4 is 26.0 Å². The molecule has 3 nitrogen and oxygen atoms in total. The highest BCUT2D eigenvalue weighted by Crippen LogP contribution is 2.50. The Morgan fingerprint density at radius 2 is 1.12 bits per heavy atom. The third-order valence-corrected chi connectivity index (χ3v) is 12.5. The maximum Gasteiger partial charge on any atom is 0.243 e. The van der Waals surface area contributed by atoms with Gasteiger partial charge in [-0.3, -0.25) is 0 Å². The lowest BCUT2D eigenvalue weighted by molar-refractivity contribution is 0.487. The Hall–Kier alpha value is -7.30. The summed E-state index contributed by atoms with van der Waals surface area (Å²) in [7, 11) is 0. The topological polar surface area (TPSA) is 25.6 Å². The van der Waals surface area contributed by atoms with Crippen molar-refractivity contribution in [3.63, 3.8) is 0 Å². The number of nitrogens with zero attached hydrogens (tertiary/aromatic N) is 1. The normalized spacial score (nSPS) is 11.8. The first-order valence-electron chi connectivity index (χ1n) is 20.8. The SMILES string of the molecule is Cc1cc(C)c(B(c2ccccc2C)c2ccc3c4c(cccc24)Oc2cc(N(c4ccc5c(c4)oc4ccccc45)c4ccccc4-c4ccccc4)ccc2-3)c(C)c1. The van der Waals surface area contributed by atoms with Gasteiger partial charge in [0.25, 0.3) is 0 Å². The van der Waals surface area contributed by atoms with Crippen LogP contribution >= 0.6 is 0 Å². The zero-order chi connectivity index (χ0) is 40.5. The van der Waals surface area contributed by atoms with Crippen molar-refractivity contribution >= 4 is 72.9 Å². The van der Waals surface area contributed by atoms with E-state index in [2.05, 4.69) is 202 Å². The van der Waals surface area contributed by atoms with Crippen LogP contribution in [0.1, 0.15) is 22.3 Å². The maximum absolute atomic E-state index is 7.02. The van der Waals surface area contributed by atoms with Gasteiger partial charge in [0.15, 0.2) is 0 Å². The number of rotatable bonds is 7. The van der Waals surface area contributed by atoms with E-state index < -0.39 is 0 Å². The summed E-state index contributed by atoms with van der Waals surface area (Å²) in [5.74, 6) is 1.70. The summed E-state index contributed by atoms with van der Waals surface area (Å²) in [6.07, 6.45) is 0. The molecule has 0 saturated carbocycles. The third-order valence-electron chi connectivity index (χ3n) is 12.5. The first-order valence-corrected chi connectivity index (χ1v) is 20.8. The number of furan rings is 1. The fraction of sp³-hybridized carbons (Fsp3) is 0.0714. The largest absolute Gasteiger partial charge is 0.456 e. The summed E-state index contributed by atoms with van der Waals surface area (Å²) in [6, 6.07) is 65.4. The summed E-state index contributed by atoms with van der Waals surface area (Å²) in [4.78, 5) is 2.33. The zero-order valence-corrected chi connectivity index (χ0v) is 34.2.